The van der Waals surface area contributed by atoms with Crippen molar-refractivity contribution < 1.29 is 9.59 Å². The Morgan fingerprint density at radius 1 is 0.865 bits per heavy atom. The van der Waals surface area contributed by atoms with Crippen molar-refractivity contribution >= 4 is 11.6 Å². The highest BCUT2D eigenvalue weighted by molar-refractivity contribution is 6.04. The van der Waals surface area contributed by atoms with Crippen LogP contribution in [0.5, 0.6) is 0 Å². The zero-order valence-corrected chi connectivity index (χ0v) is 25.2. The molecule has 0 aliphatic heterocycles. The summed E-state index contributed by atoms with van der Waals surface area (Å²) >= 11 is 0. The molecule has 4 aliphatic rings. The van der Waals surface area contributed by atoms with Gasteiger partial charge in [0.25, 0.3) is 0 Å². The lowest BCUT2D eigenvalue weighted by Gasteiger charge is -2.65. The minimum atomic E-state index is -0.624. The van der Waals surface area contributed by atoms with Gasteiger partial charge in [-0.3, -0.25) is 9.59 Å². The predicted molar refractivity (Wildman–Crippen MR) is 150 cm³/mol. The largest absolute Gasteiger partial charge is 0.304 e. The van der Waals surface area contributed by atoms with E-state index in [2.05, 4.69) is 66.6 Å². The van der Waals surface area contributed by atoms with E-state index >= 15 is 0 Å². The second kappa shape index (κ2) is 8.64. The van der Waals surface area contributed by atoms with E-state index in [0.717, 1.165) is 44.9 Å². The highest BCUT2D eigenvalue weighted by Crippen LogP contribution is 2.70. The van der Waals surface area contributed by atoms with Crippen LogP contribution in [0.4, 0.5) is 0 Å². The summed E-state index contributed by atoms with van der Waals surface area (Å²) in [6.45, 7) is 18.2. The molecule has 0 amide bonds. The number of hydrogen-bond donors (Lipinski definition) is 0. The lowest BCUT2D eigenvalue weighted by atomic mass is 9.38. The van der Waals surface area contributed by atoms with Crippen molar-refractivity contribution in [3.63, 3.8) is 0 Å². The Kier molecular flexibility index (Phi) is 6.60. The lowest BCUT2D eigenvalue weighted by Crippen LogP contribution is -2.60. The Morgan fingerprint density at radius 3 is 2.08 bits per heavy atom. The summed E-state index contributed by atoms with van der Waals surface area (Å²) in [5, 5.41) is 9.90. The molecule has 4 nitrogen and oxygen atoms in total. The molecule has 0 aromatic rings. The molecule has 6 atom stereocenters. The maximum atomic E-state index is 14.2. The van der Waals surface area contributed by atoms with E-state index in [1.807, 2.05) is 26.0 Å². The van der Waals surface area contributed by atoms with Crippen LogP contribution < -0.4 is 0 Å². The van der Waals surface area contributed by atoms with E-state index in [1.165, 1.54) is 12.0 Å². The quantitative estimate of drug-likeness (QED) is 0.374. The molecule has 2 saturated carbocycles. The van der Waals surface area contributed by atoms with Crippen LogP contribution in [-0.2, 0) is 9.59 Å². The molecule has 2 fully saturated rings. The molecular weight excluding hydrogens is 456 g/mol. The molecule has 0 saturated heterocycles. The zero-order chi connectivity index (χ0) is 27.8. The third-order valence-corrected chi connectivity index (χ3v) is 12.5. The van der Waals surface area contributed by atoms with E-state index < -0.39 is 10.8 Å². The number of Topliss-reactive ketones (excluding diaryl/α,β-unsaturated/α-hetero) is 1. The number of nitriles is 1. The molecule has 0 bridgehead atoms. The molecule has 204 valence electrons. The summed E-state index contributed by atoms with van der Waals surface area (Å²) in [6, 6.07) is 2.21. The van der Waals surface area contributed by atoms with Gasteiger partial charge in [-0.1, -0.05) is 60.1 Å². The van der Waals surface area contributed by atoms with Crippen LogP contribution in [0, 0.1) is 50.2 Å². The molecule has 0 spiro atoms. The van der Waals surface area contributed by atoms with Crippen LogP contribution in [-0.4, -0.2) is 36.1 Å². The smallest absolute Gasteiger partial charge is 0.178 e. The van der Waals surface area contributed by atoms with Gasteiger partial charge in [0.2, 0.25) is 0 Å². The molecule has 4 heteroatoms. The Balaban J connectivity index is 1.90. The number of carbonyl (C=O) groups excluding carboxylic acids is 2. The Labute approximate surface area is 225 Å². The molecule has 0 heterocycles. The first kappa shape index (κ1) is 28.3. The summed E-state index contributed by atoms with van der Waals surface area (Å²) in [4.78, 5) is 29.8. The highest BCUT2D eigenvalue weighted by atomic mass is 16.1. The van der Waals surface area contributed by atoms with Crippen molar-refractivity contribution in [2.75, 3.05) is 14.1 Å². The van der Waals surface area contributed by atoms with Gasteiger partial charge < -0.3 is 4.90 Å². The third-order valence-electron chi connectivity index (χ3n) is 12.5. The van der Waals surface area contributed by atoms with Crippen molar-refractivity contribution in [3.05, 3.63) is 23.3 Å². The first-order valence-electron chi connectivity index (χ1n) is 14.5. The second-order valence-corrected chi connectivity index (χ2v) is 15.5. The summed E-state index contributed by atoms with van der Waals surface area (Å²) in [6.07, 6.45) is 12.2. The van der Waals surface area contributed by atoms with Gasteiger partial charge >= 0.3 is 0 Å². The topological polar surface area (TPSA) is 61.2 Å². The Bertz CT molecular complexity index is 1100. The van der Waals surface area contributed by atoms with E-state index in [9.17, 15) is 14.9 Å². The molecule has 0 radical (unpaired) electrons. The minimum Gasteiger partial charge on any atom is -0.304 e. The van der Waals surface area contributed by atoms with E-state index in [4.69, 9.17) is 0 Å². The number of hydrogen-bond acceptors (Lipinski definition) is 4. The van der Waals surface area contributed by atoms with Gasteiger partial charge in [-0.05, 0) is 101 Å². The van der Waals surface area contributed by atoms with Crippen LogP contribution in [0.25, 0.3) is 0 Å². The first-order chi connectivity index (χ1) is 16.9. The molecule has 0 aromatic heterocycles. The molecule has 0 N–H and O–H groups in total. The van der Waals surface area contributed by atoms with Crippen LogP contribution in [0.1, 0.15) is 107 Å². The maximum absolute atomic E-state index is 14.2. The van der Waals surface area contributed by atoms with Gasteiger partial charge in [-0.2, -0.15) is 5.26 Å². The second-order valence-electron chi connectivity index (χ2n) is 15.5. The average Bonchev–Trinajstić information content (AvgIpc) is 2.80. The van der Waals surface area contributed by atoms with Gasteiger partial charge in [0, 0.05) is 22.3 Å². The van der Waals surface area contributed by atoms with Crippen LogP contribution in [0.2, 0.25) is 0 Å². The standard InChI is InChI=1S/C33H50N2O2/c1-28(2)13-11-23-24(36)19-26-31(6)20-22(21-34)27(37)29(3,4)25(31)12-14-33(26,8)32(23,7)18-17-30(5,16-15-28)35(9)10/h19-20,23,25H,11-18H2,1-10H3/t23?,25-,30-,31-,32+,33+/m0/s1. The fourth-order valence-corrected chi connectivity index (χ4v) is 9.02. The number of allylic oxidation sites excluding steroid dienone is 4. The third kappa shape index (κ3) is 4.02. The van der Waals surface area contributed by atoms with Gasteiger partial charge in [-0.15, -0.1) is 0 Å². The minimum absolute atomic E-state index is 0.00263. The molecule has 0 aromatic carbocycles. The fourth-order valence-electron chi connectivity index (χ4n) is 9.02. The molecule has 4 rings (SSSR count). The van der Waals surface area contributed by atoms with Crippen molar-refractivity contribution in [1.82, 2.24) is 4.90 Å². The number of ketones is 2. The van der Waals surface area contributed by atoms with Crippen LogP contribution in [0.3, 0.4) is 0 Å². The van der Waals surface area contributed by atoms with Crippen molar-refractivity contribution in [3.8, 4) is 6.07 Å². The van der Waals surface area contributed by atoms with Crippen molar-refractivity contribution in [1.29, 1.82) is 5.26 Å². The zero-order valence-electron chi connectivity index (χ0n) is 25.2. The number of nitrogens with zero attached hydrogens (tertiary/aromatic N) is 2. The van der Waals surface area contributed by atoms with Crippen LogP contribution >= 0.6 is 0 Å². The van der Waals surface area contributed by atoms with Gasteiger partial charge in [0.1, 0.15) is 6.07 Å². The fraction of sp³-hybridized carbons (Fsp3) is 0.788. The first-order valence-corrected chi connectivity index (χ1v) is 14.5. The molecule has 4 aliphatic carbocycles. The average molecular weight is 507 g/mol. The van der Waals surface area contributed by atoms with Crippen LogP contribution in [0.15, 0.2) is 23.3 Å². The van der Waals surface area contributed by atoms with Gasteiger partial charge in [0.15, 0.2) is 11.6 Å². The van der Waals surface area contributed by atoms with Gasteiger partial charge in [-0.25, -0.2) is 0 Å². The molecular formula is C33H50N2O2. The predicted octanol–water partition coefficient (Wildman–Crippen LogP) is 7.30. The Morgan fingerprint density at radius 2 is 1.49 bits per heavy atom. The SMILES string of the molecule is CN(C)[C@@]1(C)CCC(C)(C)CCC2C(=O)C=C3[C@@]4(C)C=C(C#N)C(=O)C(C)(C)[C@@H]4CC[C@@]3(C)[C@]2(C)CC1. The number of fused-ring (bicyclic) bond motifs is 5. The van der Waals surface area contributed by atoms with E-state index in [0.29, 0.717) is 0 Å². The monoisotopic (exact) mass is 506 g/mol. The summed E-state index contributed by atoms with van der Waals surface area (Å²) in [7, 11) is 4.42. The summed E-state index contributed by atoms with van der Waals surface area (Å²) in [5.74, 6) is 0.308. The van der Waals surface area contributed by atoms with Crippen molar-refractivity contribution in [2.24, 2.45) is 38.9 Å². The van der Waals surface area contributed by atoms with Crippen molar-refractivity contribution in [2.45, 2.75) is 112 Å². The van der Waals surface area contributed by atoms with Gasteiger partial charge in [0.05, 0.1) is 5.57 Å². The maximum Gasteiger partial charge on any atom is 0.178 e. The summed E-state index contributed by atoms with van der Waals surface area (Å²) < 4.78 is 0. The van der Waals surface area contributed by atoms with E-state index in [-0.39, 0.29) is 50.8 Å². The number of rotatable bonds is 1. The lowest BCUT2D eigenvalue weighted by molar-refractivity contribution is -0.139. The molecule has 37 heavy (non-hydrogen) atoms. The highest BCUT2D eigenvalue weighted by Gasteiger charge is 2.65. The van der Waals surface area contributed by atoms with E-state index in [1.54, 1.807) is 0 Å². The summed E-state index contributed by atoms with van der Waals surface area (Å²) in [5.41, 5.74) is 0.275. The Hall–Kier alpha value is -1.73. The normalized spacial score (nSPS) is 43.5. The number of carbonyl (C=O) groups is 2. The molecule has 1 unspecified atom stereocenters.